The molecule has 0 radical (unpaired) electrons. The molecule has 3 fully saturated rings. The fourth-order valence-corrected chi connectivity index (χ4v) is 6.51. The number of carbonyl (C=O) groups excluding carboxylic acids is 1. The van der Waals surface area contributed by atoms with Gasteiger partial charge < -0.3 is 35.3 Å². The Morgan fingerprint density at radius 3 is 2.20 bits per heavy atom. The molecule has 220 valence electrons. The fourth-order valence-electron chi connectivity index (χ4n) is 6.51. The summed E-state index contributed by atoms with van der Waals surface area (Å²) in [5.74, 6) is 2.62. The lowest BCUT2D eigenvalue weighted by Crippen LogP contribution is -2.42. The van der Waals surface area contributed by atoms with E-state index in [1.807, 2.05) is 11.2 Å². The first-order chi connectivity index (χ1) is 20.0. The third-order valence-electron chi connectivity index (χ3n) is 8.97. The number of nitrogens with two attached hydrogens (primary N) is 1. The van der Waals surface area contributed by atoms with Gasteiger partial charge in [0.05, 0.1) is 20.5 Å². The number of piperidine rings is 1. The van der Waals surface area contributed by atoms with E-state index in [0.29, 0.717) is 54.2 Å². The molecule has 1 aromatic carbocycles. The number of amides is 1. The maximum Gasteiger partial charge on any atom is 0.254 e. The summed E-state index contributed by atoms with van der Waals surface area (Å²) >= 11 is 0. The van der Waals surface area contributed by atoms with Gasteiger partial charge in [-0.25, -0.2) is 4.98 Å². The normalized spacial score (nSPS) is 22.2. The van der Waals surface area contributed by atoms with E-state index in [2.05, 4.69) is 15.2 Å². The van der Waals surface area contributed by atoms with Crippen LogP contribution in [0.5, 0.6) is 11.5 Å². The molecule has 3 aliphatic rings. The number of likely N-dealkylation sites (tertiary alicyclic amines) is 1. The molecular weight excluding hydrogens is 520 g/mol. The molecule has 1 amide bonds. The Kier molecular flexibility index (Phi) is 8.13. The van der Waals surface area contributed by atoms with E-state index in [4.69, 9.17) is 30.2 Å². The predicted octanol–water partition coefficient (Wildman–Crippen LogP) is 4.36. The van der Waals surface area contributed by atoms with E-state index >= 15 is 0 Å². The van der Waals surface area contributed by atoms with Crippen LogP contribution >= 0.6 is 0 Å². The first-order valence-corrected chi connectivity index (χ1v) is 15.1. The van der Waals surface area contributed by atoms with Crippen LogP contribution < -0.4 is 25.8 Å². The molecule has 11 nitrogen and oxygen atoms in total. The Morgan fingerprint density at radius 2 is 1.54 bits per heavy atom. The van der Waals surface area contributed by atoms with E-state index in [-0.39, 0.29) is 11.9 Å². The minimum Gasteiger partial charge on any atom is -0.497 e. The average molecular weight is 563 g/mol. The van der Waals surface area contributed by atoms with Crippen LogP contribution in [0.4, 0.5) is 11.8 Å². The quantitative estimate of drug-likeness (QED) is 0.366. The number of hydrogen-bond donors (Lipinski definition) is 3. The van der Waals surface area contributed by atoms with Crippen molar-refractivity contribution in [3.05, 3.63) is 30.1 Å². The largest absolute Gasteiger partial charge is 0.497 e. The van der Waals surface area contributed by atoms with E-state index < -0.39 is 0 Å². The second-order valence-corrected chi connectivity index (χ2v) is 11.7. The van der Waals surface area contributed by atoms with Crippen molar-refractivity contribution in [2.24, 2.45) is 5.73 Å². The number of imidazole rings is 1. The number of benzene rings is 1. The third kappa shape index (κ3) is 6.05. The van der Waals surface area contributed by atoms with E-state index in [0.717, 1.165) is 68.3 Å². The van der Waals surface area contributed by atoms with E-state index in [1.165, 1.54) is 12.8 Å². The first kappa shape index (κ1) is 27.6. The third-order valence-corrected chi connectivity index (χ3v) is 8.97. The minimum absolute atomic E-state index is 0.0148. The lowest BCUT2D eigenvalue weighted by Gasteiger charge is -2.33. The average Bonchev–Trinajstić information content (AvgIpc) is 3.68. The number of aromatic nitrogens is 4. The lowest BCUT2D eigenvalue weighted by molar-refractivity contribution is 0.0717. The van der Waals surface area contributed by atoms with Gasteiger partial charge in [0.25, 0.3) is 5.91 Å². The lowest BCUT2D eigenvalue weighted by atomic mass is 9.92. The molecular formula is C30H42N8O3. The molecule has 1 saturated heterocycles. The maximum atomic E-state index is 13.3. The monoisotopic (exact) mass is 562 g/mol. The zero-order valence-corrected chi connectivity index (χ0v) is 24.1. The number of nitrogens with one attached hydrogen (secondary N) is 2. The Bertz CT molecular complexity index is 1330. The summed E-state index contributed by atoms with van der Waals surface area (Å²) in [6.45, 7) is 1.29. The molecule has 2 aromatic heterocycles. The topological polar surface area (TPSA) is 132 Å². The van der Waals surface area contributed by atoms with Crippen LogP contribution in [0.15, 0.2) is 24.5 Å². The Morgan fingerprint density at radius 1 is 0.878 bits per heavy atom. The van der Waals surface area contributed by atoms with Gasteiger partial charge in [0.1, 0.15) is 11.5 Å². The number of hydrogen-bond acceptors (Lipinski definition) is 9. The van der Waals surface area contributed by atoms with Crippen LogP contribution in [0.1, 0.15) is 80.6 Å². The highest BCUT2D eigenvalue weighted by molar-refractivity contribution is 5.95. The van der Waals surface area contributed by atoms with Gasteiger partial charge in [-0.3, -0.25) is 4.79 Å². The molecule has 0 bridgehead atoms. The highest BCUT2D eigenvalue weighted by atomic mass is 16.5. The summed E-state index contributed by atoms with van der Waals surface area (Å²) < 4.78 is 13.0. The number of methoxy groups -OCH3 is 2. The van der Waals surface area contributed by atoms with Gasteiger partial charge in [-0.1, -0.05) is 12.8 Å². The summed E-state index contributed by atoms with van der Waals surface area (Å²) in [6, 6.07) is 6.54. The van der Waals surface area contributed by atoms with E-state index in [1.54, 1.807) is 32.4 Å². The van der Waals surface area contributed by atoms with Crippen LogP contribution in [0.2, 0.25) is 0 Å². The molecule has 0 spiro atoms. The van der Waals surface area contributed by atoms with Gasteiger partial charge in [-0.15, -0.1) is 0 Å². The molecule has 2 aliphatic carbocycles. The fraction of sp³-hybridized carbons (Fsp3) is 0.600. The number of rotatable bonds is 8. The highest BCUT2D eigenvalue weighted by Gasteiger charge is 2.28. The molecule has 0 atom stereocenters. The molecule has 6 rings (SSSR count). The predicted molar refractivity (Wildman–Crippen MR) is 159 cm³/mol. The molecule has 2 saturated carbocycles. The number of anilines is 2. The van der Waals surface area contributed by atoms with Crippen LogP contribution in [0.25, 0.3) is 11.2 Å². The molecule has 0 unspecified atom stereocenters. The van der Waals surface area contributed by atoms with Crippen LogP contribution in [-0.2, 0) is 0 Å². The van der Waals surface area contributed by atoms with Gasteiger partial charge >= 0.3 is 0 Å². The summed E-state index contributed by atoms with van der Waals surface area (Å²) in [4.78, 5) is 29.9. The van der Waals surface area contributed by atoms with E-state index in [9.17, 15) is 4.79 Å². The van der Waals surface area contributed by atoms with Crippen LogP contribution in [0, 0.1) is 0 Å². The molecule has 3 aromatic rings. The van der Waals surface area contributed by atoms with Crippen molar-refractivity contribution in [2.75, 3.05) is 37.9 Å². The second kappa shape index (κ2) is 12.1. The van der Waals surface area contributed by atoms with Gasteiger partial charge in [0.15, 0.2) is 17.0 Å². The zero-order chi connectivity index (χ0) is 28.3. The van der Waals surface area contributed by atoms with Gasteiger partial charge in [0, 0.05) is 48.9 Å². The Hall–Kier alpha value is -3.60. The van der Waals surface area contributed by atoms with Gasteiger partial charge in [0.2, 0.25) is 5.95 Å². The van der Waals surface area contributed by atoms with Crippen LogP contribution in [-0.4, -0.2) is 75.8 Å². The van der Waals surface area contributed by atoms with Crippen molar-refractivity contribution in [3.8, 4) is 11.5 Å². The summed E-state index contributed by atoms with van der Waals surface area (Å²) in [7, 11) is 3.18. The molecule has 41 heavy (non-hydrogen) atoms. The van der Waals surface area contributed by atoms with Gasteiger partial charge in [-0.05, 0) is 63.5 Å². The number of fused-ring (bicyclic) bond motifs is 1. The van der Waals surface area contributed by atoms with Crippen molar-refractivity contribution in [3.63, 3.8) is 0 Å². The number of ether oxygens (including phenoxy) is 2. The number of carbonyl (C=O) groups is 1. The molecule has 1 aliphatic heterocycles. The van der Waals surface area contributed by atoms with Crippen molar-refractivity contribution in [2.45, 2.75) is 88.4 Å². The minimum atomic E-state index is -0.0148. The van der Waals surface area contributed by atoms with Crippen molar-refractivity contribution < 1.29 is 14.3 Å². The summed E-state index contributed by atoms with van der Waals surface area (Å²) in [6.07, 6.45) is 12.5. The molecule has 11 heteroatoms. The highest BCUT2D eigenvalue weighted by Crippen LogP contribution is 2.34. The smallest absolute Gasteiger partial charge is 0.254 e. The zero-order valence-electron chi connectivity index (χ0n) is 24.1. The Labute approximate surface area is 241 Å². The molecule has 4 N–H and O–H groups in total. The van der Waals surface area contributed by atoms with Crippen molar-refractivity contribution in [1.82, 2.24) is 24.4 Å². The first-order valence-electron chi connectivity index (χ1n) is 15.1. The Balaban J connectivity index is 1.18. The van der Waals surface area contributed by atoms with Crippen molar-refractivity contribution >= 4 is 28.8 Å². The number of nitrogens with zero attached hydrogens (tertiary/aromatic N) is 5. The van der Waals surface area contributed by atoms with Gasteiger partial charge in [-0.2, -0.15) is 9.97 Å². The van der Waals surface area contributed by atoms with Crippen LogP contribution in [0.3, 0.4) is 0 Å². The summed E-state index contributed by atoms with van der Waals surface area (Å²) in [5, 5.41) is 7.29. The van der Waals surface area contributed by atoms with Crippen molar-refractivity contribution in [1.29, 1.82) is 0 Å². The summed E-state index contributed by atoms with van der Waals surface area (Å²) in [5.41, 5.74) is 8.42. The maximum absolute atomic E-state index is 13.3. The standard InChI is InChI=1S/C30H42N8O3/c1-40-24-15-19(16-25(17-24)41-2)29(39)37-13-11-22(12-14-37)33-27-26-28(38(18-32-26)23-5-3-4-6-23)36-30(35-27)34-21-9-7-20(31)8-10-21/h15-18,20-23H,3-14,31H2,1-2H3,(H2,33,34,35,36)/t20-,21-. The second-order valence-electron chi connectivity index (χ2n) is 11.7. The SMILES string of the molecule is COc1cc(OC)cc(C(=O)N2CCC(Nc3nc(N[C@H]4CC[C@H](N)CC4)nc4c3ncn4C3CCCC3)CC2)c1. The molecule has 3 heterocycles.